The molecule has 0 radical (unpaired) electrons. The zero-order valence-electron chi connectivity index (χ0n) is 7.09. The lowest BCUT2D eigenvalue weighted by atomic mass is 10.3. The summed E-state index contributed by atoms with van der Waals surface area (Å²) in [5.41, 5.74) is 0. The van der Waals surface area contributed by atoms with E-state index in [0.29, 0.717) is 4.43 Å². The number of hydrogen-bond donors (Lipinski definition) is 0. The van der Waals surface area contributed by atoms with E-state index in [-0.39, 0.29) is 12.3 Å². The summed E-state index contributed by atoms with van der Waals surface area (Å²) in [5, 5.41) is 0. The smallest absolute Gasteiger partial charge is 0.321 e. The first-order chi connectivity index (χ1) is 6.13. The molecule has 1 unspecified atom stereocenters. The minimum Gasteiger partial charge on any atom is -0.469 e. The highest BCUT2D eigenvalue weighted by atomic mass is 127. The van der Waals surface area contributed by atoms with Crippen molar-refractivity contribution in [1.29, 1.82) is 0 Å². The minimum atomic E-state index is -0.521. The molecule has 0 saturated carbocycles. The van der Waals surface area contributed by atoms with E-state index in [4.69, 9.17) is 16.3 Å². The Labute approximate surface area is 95.0 Å². The van der Waals surface area contributed by atoms with Gasteiger partial charge in [0.1, 0.15) is 12.0 Å². The molecule has 0 aliphatic carbocycles. The second kappa shape index (κ2) is 7.37. The quantitative estimate of drug-likeness (QED) is 0.433. The van der Waals surface area contributed by atoms with Crippen molar-refractivity contribution in [2.75, 3.05) is 17.4 Å². The molecule has 0 heterocycles. The zero-order valence-corrected chi connectivity index (χ0v) is 10.0. The van der Waals surface area contributed by atoms with Crippen molar-refractivity contribution in [2.24, 2.45) is 0 Å². The molecule has 4 nitrogen and oxygen atoms in total. The SMILES string of the molecule is COC(=O)CC(CI)OC(=O)CCl. The minimum absolute atomic E-state index is 0.0715. The fraction of sp³-hybridized carbons (Fsp3) is 0.714. The van der Waals surface area contributed by atoms with Crippen LogP contribution in [0.25, 0.3) is 0 Å². The summed E-state index contributed by atoms with van der Waals surface area (Å²) in [5.74, 6) is -1.12. The van der Waals surface area contributed by atoms with Crippen LogP contribution in [-0.4, -0.2) is 35.5 Å². The number of carbonyl (C=O) groups is 2. The summed E-state index contributed by atoms with van der Waals surface area (Å²) in [6, 6.07) is 0. The third kappa shape index (κ3) is 6.09. The Morgan fingerprint density at radius 2 is 2.08 bits per heavy atom. The van der Waals surface area contributed by atoms with Gasteiger partial charge in [0, 0.05) is 4.43 Å². The molecule has 1 atom stereocenters. The highest BCUT2D eigenvalue weighted by Crippen LogP contribution is 2.05. The molecule has 0 aliphatic heterocycles. The van der Waals surface area contributed by atoms with Gasteiger partial charge in [-0.2, -0.15) is 0 Å². The van der Waals surface area contributed by atoms with Crippen LogP contribution in [0.1, 0.15) is 6.42 Å². The molecule has 6 heteroatoms. The molecule has 0 aromatic rings. The molecule has 0 aromatic heterocycles. The van der Waals surface area contributed by atoms with Crippen LogP contribution >= 0.6 is 34.2 Å². The van der Waals surface area contributed by atoms with Gasteiger partial charge in [0.05, 0.1) is 13.5 Å². The van der Waals surface area contributed by atoms with Gasteiger partial charge in [-0.25, -0.2) is 0 Å². The van der Waals surface area contributed by atoms with E-state index in [9.17, 15) is 9.59 Å². The van der Waals surface area contributed by atoms with Gasteiger partial charge < -0.3 is 9.47 Å². The fourth-order valence-corrected chi connectivity index (χ4v) is 1.17. The molecule has 0 saturated heterocycles. The van der Waals surface area contributed by atoms with Crippen LogP contribution < -0.4 is 0 Å². The molecule has 0 amide bonds. The van der Waals surface area contributed by atoms with E-state index in [1.807, 2.05) is 22.6 Å². The average molecular weight is 321 g/mol. The molecule has 0 bridgehead atoms. The van der Waals surface area contributed by atoms with Crippen LogP contribution in [0.15, 0.2) is 0 Å². The van der Waals surface area contributed by atoms with Crippen LogP contribution in [0.4, 0.5) is 0 Å². The van der Waals surface area contributed by atoms with Crippen LogP contribution in [0.5, 0.6) is 0 Å². The van der Waals surface area contributed by atoms with Crippen molar-refractivity contribution in [3.63, 3.8) is 0 Å². The molecular formula is C7H10ClIO4. The maximum atomic E-state index is 10.8. The molecular weight excluding hydrogens is 310 g/mol. The maximum absolute atomic E-state index is 10.8. The van der Waals surface area contributed by atoms with E-state index in [2.05, 4.69) is 4.74 Å². The highest BCUT2D eigenvalue weighted by Gasteiger charge is 2.16. The van der Waals surface area contributed by atoms with Gasteiger partial charge in [-0.3, -0.25) is 9.59 Å². The van der Waals surface area contributed by atoms with Crippen LogP contribution in [0.2, 0.25) is 0 Å². The summed E-state index contributed by atoms with van der Waals surface area (Å²) in [4.78, 5) is 21.5. The third-order valence-electron chi connectivity index (χ3n) is 1.20. The predicted molar refractivity (Wildman–Crippen MR) is 56.1 cm³/mol. The van der Waals surface area contributed by atoms with Crippen molar-refractivity contribution in [3.05, 3.63) is 0 Å². The maximum Gasteiger partial charge on any atom is 0.321 e. The largest absolute Gasteiger partial charge is 0.469 e. The number of carbonyl (C=O) groups excluding carboxylic acids is 2. The molecule has 0 aliphatic rings. The number of ether oxygens (including phenoxy) is 2. The Morgan fingerprint density at radius 3 is 2.46 bits per heavy atom. The van der Waals surface area contributed by atoms with Gasteiger partial charge in [0.15, 0.2) is 0 Å². The number of alkyl halides is 2. The van der Waals surface area contributed by atoms with E-state index >= 15 is 0 Å². The summed E-state index contributed by atoms with van der Waals surface area (Å²) in [6.07, 6.45) is -0.374. The van der Waals surface area contributed by atoms with Gasteiger partial charge in [0.25, 0.3) is 0 Å². The van der Waals surface area contributed by atoms with E-state index in [1.54, 1.807) is 0 Å². The Hall–Kier alpha value is -0.0400. The fourth-order valence-electron chi connectivity index (χ4n) is 0.614. The van der Waals surface area contributed by atoms with Gasteiger partial charge in [-0.05, 0) is 0 Å². The Balaban J connectivity index is 3.89. The standard InChI is InChI=1S/C7H10ClIO4/c1-12-6(10)2-5(4-9)13-7(11)3-8/h5H,2-4H2,1H3. The van der Waals surface area contributed by atoms with Crippen molar-refractivity contribution >= 4 is 46.1 Å². The average Bonchev–Trinajstić information content (AvgIpc) is 2.16. The van der Waals surface area contributed by atoms with Gasteiger partial charge in [-0.15, -0.1) is 11.6 Å². The van der Waals surface area contributed by atoms with Crippen LogP contribution in [0.3, 0.4) is 0 Å². The molecule has 0 rings (SSSR count). The van der Waals surface area contributed by atoms with Crippen LogP contribution in [0, 0.1) is 0 Å². The van der Waals surface area contributed by atoms with E-state index in [1.165, 1.54) is 7.11 Å². The Kier molecular flexibility index (Phi) is 7.35. The summed E-state index contributed by atoms with van der Waals surface area (Å²) >= 11 is 7.25. The third-order valence-corrected chi connectivity index (χ3v) is 2.40. The zero-order chi connectivity index (χ0) is 10.3. The molecule has 0 spiro atoms. The van der Waals surface area contributed by atoms with Crippen LogP contribution in [-0.2, 0) is 19.1 Å². The van der Waals surface area contributed by atoms with Gasteiger partial charge >= 0.3 is 11.9 Å². The Bertz CT molecular complexity index is 167. The highest BCUT2D eigenvalue weighted by molar-refractivity contribution is 14.1. The number of methoxy groups -OCH3 is 1. The predicted octanol–water partition coefficient (Wildman–Crippen LogP) is 1.14. The second-order valence-electron chi connectivity index (χ2n) is 2.18. The van der Waals surface area contributed by atoms with Gasteiger partial charge in [-0.1, -0.05) is 22.6 Å². The Morgan fingerprint density at radius 1 is 1.46 bits per heavy atom. The number of esters is 2. The number of hydrogen-bond acceptors (Lipinski definition) is 4. The lowest BCUT2D eigenvalue weighted by molar-refractivity contribution is -0.150. The molecule has 76 valence electrons. The van der Waals surface area contributed by atoms with Gasteiger partial charge in [0.2, 0.25) is 0 Å². The monoisotopic (exact) mass is 320 g/mol. The lowest BCUT2D eigenvalue weighted by Gasteiger charge is -2.12. The summed E-state index contributed by atoms with van der Waals surface area (Å²) in [6.45, 7) is 0. The topological polar surface area (TPSA) is 52.6 Å². The summed E-state index contributed by atoms with van der Waals surface area (Å²) < 4.78 is 9.81. The van der Waals surface area contributed by atoms with E-state index < -0.39 is 18.0 Å². The van der Waals surface area contributed by atoms with Crippen molar-refractivity contribution < 1.29 is 19.1 Å². The van der Waals surface area contributed by atoms with Crippen molar-refractivity contribution in [2.45, 2.75) is 12.5 Å². The first-order valence-corrected chi connectivity index (χ1v) is 5.58. The first kappa shape index (κ1) is 13.0. The lowest BCUT2D eigenvalue weighted by Crippen LogP contribution is -2.24. The molecule has 0 N–H and O–H groups in total. The molecule has 0 aromatic carbocycles. The van der Waals surface area contributed by atoms with Crippen molar-refractivity contribution in [1.82, 2.24) is 0 Å². The first-order valence-electron chi connectivity index (χ1n) is 3.52. The van der Waals surface area contributed by atoms with Crippen molar-refractivity contribution in [3.8, 4) is 0 Å². The number of halogens is 2. The summed E-state index contributed by atoms with van der Waals surface area (Å²) in [7, 11) is 1.29. The number of rotatable bonds is 5. The molecule has 0 fully saturated rings. The normalized spacial score (nSPS) is 11.9. The second-order valence-corrected chi connectivity index (χ2v) is 3.33. The molecule has 13 heavy (non-hydrogen) atoms. The van der Waals surface area contributed by atoms with E-state index in [0.717, 1.165) is 0 Å².